The molecule has 0 amide bonds. The molecule has 15 heavy (non-hydrogen) atoms. The predicted molar refractivity (Wildman–Crippen MR) is 54.6 cm³/mol. The zero-order valence-electron chi connectivity index (χ0n) is 9.03. The summed E-state index contributed by atoms with van der Waals surface area (Å²) in [5.74, 6) is 1.49. The second kappa shape index (κ2) is 5.23. The van der Waals surface area contributed by atoms with Gasteiger partial charge in [-0.3, -0.25) is 0 Å². The highest BCUT2D eigenvalue weighted by Crippen LogP contribution is 2.06. The highest BCUT2D eigenvalue weighted by molar-refractivity contribution is 4.89. The van der Waals surface area contributed by atoms with Gasteiger partial charge in [0, 0.05) is 19.5 Å². The fourth-order valence-electron chi connectivity index (χ4n) is 1.64. The van der Waals surface area contributed by atoms with Crippen molar-refractivity contribution in [3.63, 3.8) is 0 Å². The molecule has 1 N–H and O–H groups in total. The first-order valence-corrected chi connectivity index (χ1v) is 5.52. The Balaban J connectivity index is 1.86. The molecule has 1 aromatic rings. The molecule has 1 aliphatic rings. The van der Waals surface area contributed by atoms with E-state index in [0.717, 1.165) is 38.4 Å². The highest BCUT2D eigenvalue weighted by atomic mass is 16.5. The van der Waals surface area contributed by atoms with Crippen LogP contribution in [-0.2, 0) is 17.6 Å². The summed E-state index contributed by atoms with van der Waals surface area (Å²) in [5, 5.41) is 7.18. The smallest absolute Gasteiger partial charge is 0.229 e. The Labute approximate surface area is 89.2 Å². The summed E-state index contributed by atoms with van der Waals surface area (Å²) in [5.41, 5.74) is 0. The van der Waals surface area contributed by atoms with E-state index in [1.54, 1.807) is 0 Å². The van der Waals surface area contributed by atoms with Crippen LogP contribution >= 0.6 is 0 Å². The van der Waals surface area contributed by atoms with Gasteiger partial charge in [0.05, 0.1) is 19.1 Å². The summed E-state index contributed by atoms with van der Waals surface area (Å²) in [6.45, 7) is 4.66. The molecule has 5 nitrogen and oxygen atoms in total. The predicted octanol–water partition coefficient (Wildman–Crippen LogP) is 0.553. The van der Waals surface area contributed by atoms with E-state index >= 15 is 0 Å². The van der Waals surface area contributed by atoms with E-state index in [4.69, 9.17) is 9.26 Å². The third kappa shape index (κ3) is 3.00. The highest BCUT2D eigenvalue weighted by Gasteiger charge is 2.17. The van der Waals surface area contributed by atoms with Crippen LogP contribution in [0, 0.1) is 0 Å². The van der Waals surface area contributed by atoms with Crippen LogP contribution in [0.3, 0.4) is 0 Å². The van der Waals surface area contributed by atoms with Gasteiger partial charge in [0.25, 0.3) is 0 Å². The molecule has 0 aromatic carbocycles. The molecular formula is C10H17N3O2. The van der Waals surface area contributed by atoms with Gasteiger partial charge in [0.2, 0.25) is 5.89 Å². The number of aryl methyl sites for hydroxylation is 1. The third-order valence-electron chi connectivity index (χ3n) is 2.39. The Morgan fingerprint density at radius 2 is 2.47 bits per heavy atom. The summed E-state index contributed by atoms with van der Waals surface area (Å²) in [6.07, 6.45) is 2.81. The first kappa shape index (κ1) is 10.6. The molecular weight excluding hydrogens is 194 g/mol. The van der Waals surface area contributed by atoms with Gasteiger partial charge in [-0.05, 0) is 6.42 Å². The fourth-order valence-corrected chi connectivity index (χ4v) is 1.64. The molecule has 5 heteroatoms. The van der Waals surface area contributed by atoms with Crippen LogP contribution in [0.5, 0.6) is 0 Å². The molecule has 0 saturated carbocycles. The topological polar surface area (TPSA) is 60.2 Å². The molecule has 1 saturated heterocycles. The number of morpholine rings is 1. The van der Waals surface area contributed by atoms with Gasteiger partial charge >= 0.3 is 0 Å². The van der Waals surface area contributed by atoms with E-state index in [1.807, 2.05) is 0 Å². The van der Waals surface area contributed by atoms with Crippen LogP contribution < -0.4 is 5.32 Å². The van der Waals surface area contributed by atoms with Crippen molar-refractivity contribution in [1.82, 2.24) is 15.5 Å². The Hall–Kier alpha value is -0.940. The van der Waals surface area contributed by atoms with Crippen molar-refractivity contribution in [2.24, 2.45) is 0 Å². The molecule has 1 unspecified atom stereocenters. The molecule has 1 aliphatic heterocycles. The number of ether oxygens (including phenoxy) is 1. The lowest BCUT2D eigenvalue weighted by Gasteiger charge is -2.21. The van der Waals surface area contributed by atoms with Crippen LogP contribution in [0.25, 0.3) is 0 Å². The average Bonchev–Trinajstić information content (AvgIpc) is 2.68. The molecule has 0 radical (unpaired) electrons. The SMILES string of the molecule is CCCc1noc(CC2CNCCO2)n1. The van der Waals surface area contributed by atoms with Crippen molar-refractivity contribution < 1.29 is 9.26 Å². The van der Waals surface area contributed by atoms with E-state index in [0.29, 0.717) is 12.3 Å². The summed E-state index contributed by atoms with van der Waals surface area (Å²) in [7, 11) is 0. The van der Waals surface area contributed by atoms with Crippen LogP contribution in [-0.4, -0.2) is 35.9 Å². The lowest BCUT2D eigenvalue weighted by atomic mass is 10.2. The van der Waals surface area contributed by atoms with E-state index < -0.39 is 0 Å². The van der Waals surface area contributed by atoms with Gasteiger partial charge in [0.1, 0.15) is 0 Å². The van der Waals surface area contributed by atoms with E-state index in [-0.39, 0.29) is 6.10 Å². The minimum Gasteiger partial charge on any atom is -0.375 e. The molecule has 1 aromatic heterocycles. The molecule has 0 aliphatic carbocycles. The number of hydrogen-bond acceptors (Lipinski definition) is 5. The zero-order chi connectivity index (χ0) is 10.5. The maximum atomic E-state index is 5.56. The van der Waals surface area contributed by atoms with Crippen molar-refractivity contribution in [2.75, 3.05) is 19.7 Å². The van der Waals surface area contributed by atoms with Gasteiger partial charge in [-0.15, -0.1) is 0 Å². The number of hydrogen-bond donors (Lipinski definition) is 1. The minimum atomic E-state index is 0.175. The Bertz CT molecular complexity index is 295. The van der Waals surface area contributed by atoms with Crippen LogP contribution in [0.4, 0.5) is 0 Å². The Morgan fingerprint density at radius 3 is 3.20 bits per heavy atom. The van der Waals surface area contributed by atoms with Gasteiger partial charge in [-0.2, -0.15) is 4.98 Å². The summed E-state index contributed by atoms with van der Waals surface area (Å²) < 4.78 is 10.7. The quantitative estimate of drug-likeness (QED) is 0.788. The van der Waals surface area contributed by atoms with Crippen molar-refractivity contribution in [1.29, 1.82) is 0 Å². The lowest BCUT2D eigenvalue weighted by Crippen LogP contribution is -2.39. The lowest BCUT2D eigenvalue weighted by molar-refractivity contribution is 0.0246. The summed E-state index contributed by atoms with van der Waals surface area (Å²) >= 11 is 0. The van der Waals surface area contributed by atoms with E-state index in [9.17, 15) is 0 Å². The Kier molecular flexibility index (Phi) is 3.69. The molecule has 0 spiro atoms. The molecule has 2 heterocycles. The van der Waals surface area contributed by atoms with Crippen molar-refractivity contribution in [3.8, 4) is 0 Å². The molecule has 0 bridgehead atoms. The van der Waals surface area contributed by atoms with Gasteiger partial charge in [0.15, 0.2) is 5.82 Å². The first-order valence-electron chi connectivity index (χ1n) is 5.52. The summed E-state index contributed by atoms with van der Waals surface area (Å²) in [4.78, 5) is 4.31. The zero-order valence-corrected chi connectivity index (χ0v) is 9.03. The maximum Gasteiger partial charge on any atom is 0.229 e. The first-order chi connectivity index (χ1) is 7.38. The van der Waals surface area contributed by atoms with Crippen LogP contribution in [0.15, 0.2) is 4.52 Å². The van der Waals surface area contributed by atoms with Gasteiger partial charge in [-0.1, -0.05) is 12.1 Å². The molecule has 2 rings (SSSR count). The third-order valence-corrected chi connectivity index (χ3v) is 2.39. The van der Waals surface area contributed by atoms with Gasteiger partial charge < -0.3 is 14.6 Å². The molecule has 1 atom stereocenters. The maximum absolute atomic E-state index is 5.56. The second-order valence-electron chi connectivity index (χ2n) is 3.76. The number of nitrogens with zero attached hydrogens (tertiary/aromatic N) is 2. The Morgan fingerprint density at radius 1 is 1.53 bits per heavy atom. The monoisotopic (exact) mass is 211 g/mol. The second-order valence-corrected chi connectivity index (χ2v) is 3.76. The number of nitrogens with one attached hydrogen (secondary N) is 1. The van der Waals surface area contributed by atoms with Crippen molar-refractivity contribution >= 4 is 0 Å². The van der Waals surface area contributed by atoms with Crippen LogP contribution in [0.2, 0.25) is 0 Å². The van der Waals surface area contributed by atoms with Crippen molar-refractivity contribution in [2.45, 2.75) is 32.3 Å². The minimum absolute atomic E-state index is 0.175. The molecule has 84 valence electrons. The fraction of sp³-hybridized carbons (Fsp3) is 0.800. The number of aromatic nitrogens is 2. The molecule has 1 fully saturated rings. The van der Waals surface area contributed by atoms with Crippen LogP contribution in [0.1, 0.15) is 25.1 Å². The van der Waals surface area contributed by atoms with E-state index in [2.05, 4.69) is 22.4 Å². The van der Waals surface area contributed by atoms with E-state index in [1.165, 1.54) is 0 Å². The number of rotatable bonds is 4. The normalized spacial score (nSPS) is 21.8. The summed E-state index contributed by atoms with van der Waals surface area (Å²) in [6, 6.07) is 0. The van der Waals surface area contributed by atoms with Crippen molar-refractivity contribution in [3.05, 3.63) is 11.7 Å². The average molecular weight is 211 g/mol. The largest absolute Gasteiger partial charge is 0.375 e. The standard InChI is InChI=1S/C10H17N3O2/c1-2-3-9-12-10(15-13-9)6-8-7-11-4-5-14-8/h8,11H,2-7H2,1H3. The van der Waals surface area contributed by atoms with Gasteiger partial charge in [-0.25, -0.2) is 0 Å².